The number of halogens is 1. The highest BCUT2D eigenvalue weighted by Crippen LogP contribution is 2.36. The number of hydrogen-bond donors (Lipinski definition) is 1. The average molecular weight is 350 g/mol. The molecule has 1 unspecified atom stereocenters. The molecule has 0 fully saturated rings. The van der Waals surface area contributed by atoms with E-state index in [1.54, 1.807) is 14.2 Å². The SMILES string of the molecule is COc1cc(C)c(C(N)c2ccc(C)cc2Br)cc1OC. The minimum absolute atomic E-state index is 0.222. The topological polar surface area (TPSA) is 44.5 Å². The van der Waals surface area contributed by atoms with Gasteiger partial charge in [0.25, 0.3) is 0 Å². The van der Waals surface area contributed by atoms with Crippen LogP contribution in [0, 0.1) is 13.8 Å². The summed E-state index contributed by atoms with van der Waals surface area (Å²) in [4.78, 5) is 0. The van der Waals surface area contributed by atoms with Crippen LogP contribution < -0.4 is 15.2 Å². The Morgan fingerprint density at radius 2 is 1.57 bits per heavy atom. The lowest BCUT2D eigenvalue weighted by Gasteiger charge is -2.19. The summed E-state index contributed by atoms with van der Waals surface area (Å²) < 4.78 is 11.7. The van der Waals surface area contributed by atoms with Gasteiger partial charge in [-0.1, -0.05) is 28.1 Å². The van der Waals surface area contributed by atoms with Gasteiger partial charge in [-0.15, -0.1) is 0 Å². The van der Waals surface area contributed by atoms with Gasteiger partial charge in [-0.3, -0.25) is 0 Å². The molecule has 1 atom stereocenters. The molecular weight excluding hydrogens is 330 g/mol. The van der Waals surface area contributed by atoms with Crippen LogP contribution in [0.5, 0.6) is 11.5 Å². The minimum Gasteiger partial charge on any atom is -0.493 e. The quantitative estimate of drug-likeness (QED) is 0.902. The molecule has 0 spiro atoms. The molecule has 0 saturated heterocycles. The summed E-state index contributed by atoms with van der Waals surface area (Å²) in [7, 11) is 3.26. The largest absolute Gasteiger partial charge is 0.493 e. The Hall–Kier alpha value is -1.52. The van der Waals surface area contributed by atoms with E-state index in [-0.39, 0.29) is 6.04 Å². The summed E-state index contributed by atoms with van der Waals surface area (Å²) in [5, 5.41) is 0. The zero-order valence-electron chi connectivity index (χ0n) is 12.7. The van der Waals surface area contributed by atoms with Crippen molar-refractivity contribution < 1.29 is 9.47 Å². The zero-order chi connectivity index (χ0) is 15.6. The first kappa shape index (κ1) is 15.9. The Morgan fingerprint density at radius 3 is 2.14 bits per heavy atom. The van der Waals surface area contributed by atoms with Crippen LogP contribution in [0.1, 0.15) is 28.3 Å². The van der Waals surface area contributed by atoms with E-state index < -0.39 is 0 Å². The molecule has 0 bridgehead atoms. The molecule has 0 amide bonds. The molecule has 0 radical (unpaired) electrons. The standard InChI is InChI=1S/C17H20BrNO2/c1-10-5-6-12(14(18)7-10)17(19)13-9-16(21-4)15(20-3)8-11(13)2/h5-9,17H,19H2,1-4H3. The third-order valence-electron chi connectivity index (χ3n) is 3.60. The smallest absolute Gasteiger partial charge is 0.161 e. The molecule has 2 rings (SSSR count). The third kappa shape index (κ3) is 3.22. The molecule has 0 heterocycles. The molecule has 4 heteroatoms. The van der Waals surface area contributed by atoms with Crippen LogP contribution in [0.25, 0.3) is 0 Å². The fraction of sp³-hybridized carbons (Fsp3) is 0.294. The number of rotatable bonds is 4. The van der Waals surface area contributed by atoms with Gasteiger partial charge in [0.05, 0.1) is 20.3 Å². The van der Waals surface area contributed by atoms with Gasteiger partial charge in [0.1, 0.15) is 0 Å². The molecule has 2 aromatic carbocycles. The number of hydrogen-bond acceptors (Lipinski definition) is 3. The molecule has 3 nitrogen and oxygen atoms in total. The van der Waals surface area contributed by atoms with Crippen molar-refractivity contribution in [2.24, 2.45) is 5.73 Å². The Morgan fingerprint density at radius 1 is 0.952 bits per heavy atom. The molecule has 0 aromatic heterocycles. The number of benzene rings is 2. The van der Waals surface area contributed by atoms with Gasteiger partial charge in [0, 0.05) is 4.47 Å². The van der Waals surface area contributed by atoms with Crippen molar-refractivity contribution in [2.45, 2.75) is 19.9 Å². The monoisotopic (exact) mass is 349 g/mol. The molecule has 0 aliphatic rings. The Labute approximate surface area is 134 Å². The van der Waals surface area contributed by atoms with Gasteiger partial charge < -0.3 is 15.2 Å². The van der Waals surface area contributed by atoms with E-state index in [0.29, 0.717) is 11.5 Å². The molecule has 0 saturated carbocycles. The van der Waals surface area contributed by atoms with Crippen LogP contribution >= 0.6 is 15.9 Å². The van der Waals surface area contributed by atoms with Crippen molar-refractivity contribution in [1.82, 2.24) is 0 Å². The van der Waals surface area contributed by atoms with E-state index in [0.717, 1.165) is 21.2 Å². The van der Waals surface area contributed by atoms with E-state index in [1.807, 2.05) is 19.1 Å². The lowest BCUT2D eigenvalue weighted by atomic mass is 9.94. The van der Waals surface area contributed by atoms with Crippen LogP contribution in [-0.2, 0) is 0 Å². The first-order valence-corrected chi connectivity index (χ1v) is 7.51. The first-order chi connectivity index (χ1) is 9.97. The minimum atomic E-state index is -0.222. The first-order valence-electron chi connectivity index (χ1n) is 6.72. The van der Waals surface area contributed by atoms with E-state index >= 15 is 0 Å². The molecular formula is C17H20BrNO2. The summed E-state index contributed by atoms with van der Waals surface area (Å²) in [6.07, 6.45) is 0. The summed E-state index contributed by atoms with van der Waals surface area (Å²) >= 11 is 3.60. The van der Waals surface area contributed by atoms with Gasteiger partial charge in [-0.25, -0.2) is 0 Å². The van der Waals surface area contributed by atoms with Crippen molar-refractivity contribution >= 4 is 15.9 Å². The number of methoxy groups -OCH3 is 2. The van der Waals surface area contributed by atoms with Crippen molar-refractivity contribution in [1.29, 1.82) is 0 Å². The molecule has 0 aliphatic carbocycles. The molecule has 0 aliphatic heterocycles. The number of nitrogens with two attached hydrogens (primary N) is 1. The van der Waals surface area contributed by atoms with Crippen LogP contribution in [-0.4, -0.2) is 14.2 Å². The van der Waals surface area contributed by atoms with Gasteiger partial charge in [-0.05, 0) is 54.3 Å². The normalized spacial score (nSPS) is 12.1. The van der Waals surface area contributed by atoms with E-state index in [2.05, 4.69) is 41.1 Å². The number of aryl methyl sites for hydroxylation is 2. The van der Waals surface area contributed by atoms with Gasteiger partial charge >= 0.3 is 0 Å². The lowest BCUT2D eigenvalue weighted by molar-refractivity contribution is 0.354. The fourth-order valence-corrected chi connectivity index (χ4v) is 3.12. The van der Waals surface area contributed by atoms with Crippen molar-refractivity contribution in [2.75, 3.05) is 14.2 Å². The fourth-order valence-electron chi connectivity index (χ4n) is 2.38. The molecule has 2 aromatic rings. The number of ether oxygens (including phenoxy) is 2. The van der Waals surface area contributed by atoms with Crippen LogP contribution in [0.3, 0.4) is 0 Å². The van der Waals surface area contributed by atoms with E-state index in [1.165, 1.54) is 5.56 Å². The van der Waals surface area contributed by atoms with Crippen LogP contribution in [0.2, 0.25) is 0 Å². The van der Waals surface area contributed by atoms with Crippen molar-refractivity contribution in [3.05, 3.63) is 57.1 Å². The average Bonchev–Trinajstić information content (AvgIpc) is 2.46. The van der Waals surface area contributed by atoms with Crippen molar-refractivity contribution in [3.8, 4) is 11.5 Å². The summed E-state index contributed by atoms with van der Waals surface area (Å²) in [5.41, 5.74) is 10.8. The summed E-state index contributed by atoms with van der Waals surface area (Å²) in [5.74, 6) is 1.41. The maximum Gasteiger partial charge on any atom is 0.161 e. The second-order valence-corrected chi connectivity index (χ2v) is 5.92. The second-order valence-electron chi connectivity index (χ2n) is 5.07. The van der Waals surface area contributed by atoms with Gasteiger partial charge in [0.15, 0.2) is 11.5 Å². The summed E-state index contributed by atoms with van der Waals surface area (Å²) in [6.45, 7) is 4.08. The highest BCUT2D eigenvalue weighted by atomic mass is 79.9. The molecule has 21 heavy (non-hydrogen) atoms. The molecule has 112 valence electrons. The second kappa shape index (κ2) is 6.50. The van der Waals surface area contributed by atoms with Crippen LogP contribution in [0.4, 0.5) is 0 Å². The van der Waals surface area contributed by atoms with E-state index in [9.17, 15) is 0 Å². The summed E-state index contributed by atoms with van der Waals surface area (Å²) in [6, 6.07) is 9.88. The maximum atomic E-state index is 6.46. The van der Waals surface area contributed by atoms with Crippen molar-refractivity contribution in [3.63, 3.8) is 0 Å². The highest BCUT2D eigenvalue weighted by molar-refractivity contribution is 9.10. The Kier molecular flexibility index (Phi) is 4.91. The van der Waals surface area contributed by atoms with Crippen LogP contribution in [0.15, 0.2) is 34.8 Å². The predicted molar refractivity (Wildman–Crippen MR) is 89.2 cm³/mol. The highest BCUT2D eigenvalue weighted by Gasteiger charge is 2.17. The Bertz CT molecular complexity index is 655. The maximum absolute atomic E-state index is 6.46. The van der Waals surface area contributed by atoms with Gasteiger partial charge in [-0.2, -0.15) is 0 Å². The van der Waals surface area contributed by atoms with E-state index in [4.69, 9.17) is 15.2 Å². The lowest BCUT2D eigenvalue weighted by Crippen LogP contribution is -2.14. The van der Waals surface area contributed by atoms with Gasteiger partial charge in [0.2, 0.25) is 0 Å². The zero-order valence-corrected chi connectivity index (χ0v) is 14.3. The Balaban J connectivity index is 2.50. The molecule has 2 N–H and O–H groups in total. The predicted octanol–water partition coefficient (Wildman–Crippen LogP) is 4.13. The third-order valence-corrected chi connectivity index (χ3v) is 4.29.